The van der Waals surface area contributed by atoms with E-state index in [9.17, 15) is 14.4 Å². The summed E-state index contributed by atoms with van der Waals surface area (Å²) in [5.41, 5.74) is 1.84. The van der Waals surface area contributed by atoms with E-state index in [1.807, 2.05) is 0 Å². The van der Waals surface area contributed by atoms with Gasteiger partial charge in [-0.2, -0.15) is 0 Å². The van der Waals surface area contributed by atoms with Gasteiger partial charge >= 0.3 is 11.9 Å². The minimum Gasteiger partial charge on any atom is -0.497 e. The predicted molar refractivity (Wildman–Crippen MR) is 93.5 cm³/mol. The lowest BCUT2D eigenvalue weighted by molar-refractivity contribution is -0.119. The first-order chi connectivity index (χ1) is 12.4. The average molecular weight is 360 g/mol. The first-order valence-electron chi connectivity index (χ1n) is 7.75. The quantitative estimate of drug-likeness (QED) is 0.765. The Balaban J connectivity index is 1.97. The molecule has 0 unspecified atom stereocenters. The number of aryl methyl sites for hydroxylation is 1. The number of benzene rings is 1. The van der Waals surface area contributed by atoms with Crippen molar-refractivity contribution in [2.24, 2.45) is 0 Å². The van der Waals surface area contributed by atoms with Crippen molar-refractivity contribution in [1.29, 1.82) is 0 Å². The normalized spacial score (nSPS) is 10.2. The van der Waals surface area contributed by atoms with Gasteiger partial charge in [-0.15, -0.1) is 0 Å². The minimum atomic E-state index is -0.731. The number of aromatic amines is 1. The van der Waals surface area contributed by atoms with Crippen LogP contribution < -0.4 is 10.1 Å². The largest absolute Gasteiger partial charge is 0.497 e. The van der Waals surface area contributed by atoms with Crippen molar-refractivity contribution in [1.82, 2.24) is 4.98 Å². The number of methoxy groups -OCH3 is 2. The first kappa shape index (κ1) is 19.0. The third-order valence-electron chi connectivity index (χ3n) is 3.74. The molecule has 0 saturated heterocycles. The maximum atomic E-state index is 12.2. The summed E-state index contributed by atoms with van der Waals surface area (Å²) >= 11 is 0. The Kier molecular flexibility index (Phi) is 6.00. The molecule has 138 valence electrons. The maximum Gasteiger partial charge on any atom is 0.355 e. The van der Waals surface area contributed by atoms with Gasteiger partial charge in [0.25, 0.3) is 5.91 Å². The topological polar surface area (TPSA) is 107 Å². The summed E-state index contributed by atoms with van der Waals surface area (Å²) < 4.78 is 14.7. The first-order valence-corrected chi connectivity index (χ1v) is 7.75. The molecule has 0 fully saturated rings. The smallest absolute Gasteiger partial charge is 0.355 e. The van der Waals surface area contributed by atoms with Gasteiger partial charge in [0.1, 0.15) is 11.4 Å². The molecule has 1 amide bonds. The molecule has 2 rings (SSSR count). The van der Waals surface area contributed by atoms with E-state index in [-0.39, 0.29) is 11.3 Å². The van der Waals surface area contributed by atoms with Crippen LogP contribution in [0.2, 0.25) is 0 Å². The SMILES string of the molecule is COC(=O)c1c(C)[nH]c(C(=O)OCC(=O)Nc2ccc(OC)cc2)c1C. The van der Waals surface area contributed by atoms with E-state index in [0.717, 1.165) is 0 Å². The molecule has 1 heterocycles. The molecular weight excluding hydrogens is 340 g/mol. The summed E-state index contributed by atoms with van der Waals surface area (Å²) in [4.78, 5) is 38.6. The van der Waals surface area contributed by atoms with Crippen LogP contribution in [0.3, 0.4) is 0 Å². The Morgan fingerprint density at radius 2 is 1.69 bits per heavy atom. The third-order valence-corrected chi connectivity index (χ3v) is 3.74. The number of carbonyl (C=O) groups excluding carboxylic acids is 3. The number of ether oxygens (including phenoxy) is 3. The average Bonchev–Trinajstić information content (AvgIpc) is 2.94. The molecule has 0 radical (unpaired) electrons. The van der Waals surface area contributed by atoms with Gasteiger partial charge < -0.3 is 24.5 Å². The highest BCUT2D eigenvalue weighted by molar-refractivity contribution is 5.99. The fourth-order valence-corrected chi connectivity index (χ4v) is 2.44. The molecule has 0 aliphatic heterocycles. The number of rotatable bonds is 6. The molecule has 8 heteroatoms. The van der Waals surface area contributed by atoms with Gasteiger partial charge in [-0.1, -0.05) is 0 Å². The Hall–Kier alpha value is -3.29. The number of hydrogen-bond acceptors (Lipinski definition) is 6. The number of esters is 2. The van der Waals surface area contributed by atoms with Crippen molar-refractivity contribution in [3.05, 3.63) is 46.8 Å². The summed E-state index contributed by atoms with van der Waals surface area (Å²) in [7, 11) is 2.80. The van der Waals surface area contributed by atoms with Crippen LogP contribution in [0.15, 0.2) is 24.3 Å². The van der Waals surface area contributed by atoms with Gasteiger partial charge in [-0.3, -0.25) is 4.79 Å². The number of H-pyrrole nitrogens is 1. The molecule has 0 aliphatic carbocycles. The lowest BCUT2D eigenvalue weighted by atomic mass is 10.1. The van der Waals surface area contributed by atoms with Gasteiger partial charge in [0.15, 0.2) is 6.61 Å². The Bertz CT molecular complexity index is 823. The van der Waals surface area contributed by atoms with Gasteiger partial charge in [-0.05, 0) is 43.7 Å². The standard InChI is InChI=1S/C18H20N2O6/c1-10-15(17(22)25-4)11(2)19-16(10)18(23)26-9-14(21)20-12-5-7-13(24-3)8-6-12/h5-8,19H,9H2,1-4H3,(H,20,21). The zero-order chi connectivity index (χ0) is 19.3. The highest BCUT2D eigenvalue weighted by Crippen LogP contribution is 2.19. The van der Waals surface area contributed by atoms with E-state index in [2.05, 4.69) is 15.0 Å². The lowest BCUT2D eigenvalue weighted by Crippen LogP contribution is -2.21. The minimum absolute atomic E-state index is 0.111. The fourth-order valence-electron chi connectivity index (χ4n) is 2.44. The van der Waals surface area contributed by atoms with Gasteiger partial charge in [0.05, 0.1) is 19.8 Å². The van der Waals surface area contributed by atoms with Crippen LogP contribution in [0.4, 0.5) is 5.69 Å². The Morgan fingerprint density at radius 1 is 1.04 bits per heavy atom. The van der Waals surface area contributed by atoms with E-state index in [0.29, 0.717) is 22.7 Å². The fraction of sp³-hybridized carbons (Fsp3) is 0.278. The monoisotopic (exact) mass is 360 g/mol. The zero-order valence-corrected chi connectivity index (χ0v) is 15.0. The van der Waals surface area contributed by atoms with Crippen LogP contribution >= 0.6 is 0 Å². The lowest BCUT2D eigenvalue weighted by Gasteiger charge is -2.07. The number of aromatic nitrogens is 1. The number of carbonyl (C=O) groups is 3. The molecule has 1 aromatic heterocycles. The summed E-state index contributed by atoms with van der Waals surface area (Å²) in [6.07, 6.45) is 0. The second-order valence-electron chi connectivity index (χ2n) is 5.47. The molecule has 0 saturated carbocycles. The summed E-state index contributed by atoms with van der Waals surface area (Å²) in [5, 5.41) is 2.60. The van der Waals surface area contributed by atoms with Crippen molar-refractivity contribution in [2.45, 2.75) is 13.8 Å². The second kappa shape index (κ2) is 8.19. The van der Waals surface area contributed by atoms with Crippen molar-refractivity contribution in [3.63, 3.8) is 0 Å². The van der Waals surface area contributed by atoms with Crippen LogP contribution in [0.1, 0.15) is 32.1 Å². The zero-order valence-electron chi connectivity index (χ0n) is 15.0. The van der Waals surface area contributed by atoms with E-state index < -0.39 is 24.5 Å². The number of nitrogens with one attached hydrogen (secondary N) is 2. The Morgan fingerprint density at radius 3 is 2.27 bits per heavy atom. The van der Waals surface area contributed by atoms with Crippen LogP contribution in [0.25, 0.3) is 0 Å². The molecule has 8 nitrogen and oxygen atoms in total. The van der Waals surface area contributed by atoms with Crippen LogP contribution in [-0.4, -0.2) is 43.7 Å². The number of anilines is 1. The highest BCUT2D eigenvalue weighted by atomic mass is 16.5. The van der Waals surface area contributed by atoms with Crippen molar-refractivity contribution in [3.8, 4) is 5.75 Å². The molecule has 26 heavy (non-hydrogen) atoms. The second-order valence-corrected chi connectivity index (χ2v) is 5.47. The van der Waals surface area contributed by atoms with Crippen LogP contribution in [-0.2, 0) is 14.3 Å². The Labute approximate surface area is 150 Å². The molecule has 1 aromatic carbocycles. The maximum absolute atomic E-state index is 12.2. The molecule has 0 bridgehead atoms. The van der Waals surface area contributed by atoms with Gasteiger partial charge in [-0.25, -0.2) is 9.59 Å². The van der Waals surface area contributed by atoms with Gasteiger partial charge in [0, 0.05) is 11.4 Å². The highest BCUT2D eigenvalue weighted by Gasteiger charge is 2.23. The predicted octanol–water partition coefficient (Wildman–Crippen LogP) is 2.22. The number of amides is 1. The van der Waals surface area contributed by atoms with E-state index in [1.54, 1.807) is 45.2 Å². The number of hydrogen-bond donors (Lipinski definition) is 2. The molecule has 0 atom stereocenters. The molecule has 0 aliphatic rings. The van der Waals surface area contributed by atoms with E-state index in [4.69, 9.17) is 9.47 Å². The summed E-state index contributed by atoms with van der Waals surface area (Å²) in [5.74, 6) is -1.11. The van der Waals surface area contributed by atoms with E-state index >= 15 is 0 Å². The van der Waals surface area contributed by atoms with Gasteiger partial charge in [0.2, 0.25) is 0 Å². The van der Waals surface area contributed by atoms with Crippen molar-refractivity contribution >= 4 is 23.5 Å². The molecule has 0 spiro atoms. The van der Waals surface area contributed by atoms with Crippen LogP contribution in [0, 0.1) is 13.8 Å². The molecule has 2 aromatic rings. The van der Waals surface area contributed by atoms with Crippen molar-refractivity contribution in [2.75, 3.05) is 26.1 Å². The van der Waals surface area contributed by atoms with Crippen molar-refractivity contribution < 1.29 is 28.6 Å². The molecular formula is C18H20N2O6. The summed E-state index contributed by atoms with van der Waals surface area (Å²) in [6, 6.07) is 6.72. The summed E-state index contributed by atoms with van der Waals surface area (Å²) in [6.45, 7) is 2.78. The third kappa shape index (κ3) is 4.21. The molecule has 2 N–H and O–H groups in total. The van der Waals surface area contributed by atoms with Crippen LogP contribution in [0.5, 0.6) is 5.75 Å². The van der Waals surface area contributed by atoms with E-state index in [1.165, 1.54) is 7.11 Å².